The van der Waals surface area contributed by atoms with Crippen LogP contribution in [0.3, 0.4) is 0 Å². The monoisotopic (exact) mass is 653 g/mol. The van der Waals surface area contributed by atoms with Crippen LogP contribution in [0.2, 0.25) is 0 Å². The van der Waals surface area contributed by atoms with Gasteiger partial charge in [-0.3, -0.25) is 15.2 Å². The Bertz CT molecular complexity index is 1780. The van der Waals surface area contributed by atoms with Crippen molar-refractivity contribution in [2.24, 2.45) is 0 Å². The third kappa shape index (κ3) is 6.05. The van der Waals surface area contributed by atoms with E-state index in [9.17, 15) is 9.18 Å². The van der Waals surface area contributed by atoms with Gasteiger partial charge < -0.3 is 19.1 Å². The van der Waals surface area contributed by atoms with E-state index in [-0.39, 0.29) is 23.8 Å². The summed E-state index contributed by atoms with van der Waals surface area (Å²) in [5, 5.41) is 3.46. The number of carbonyl (C=O) groups is 1. The molecule has 0 spiro atoms. The van der Waals surface area contributed by atoms with Crippen LogP contribution in [-0.4, -0.2) is 94.2 Å². The van der Waals surface area contributed by atoms with E-state index in [2.05, 4.69) is 25.2 Å². The number of nitrogens with one attached hydrogen (secondary N) is 1. The number of benzene rings is 1. The molecule has 1 aromatic carbocycles. The molecule has 3 aliphatic rings. The molecule has 1 amide bonds. The van der Waals surface area contributed by atoms with Crippen molar-refractivity contribution in [3.8, 4) is 17.3 Å². The fourth-order valence-corrected chi connectivity index (χ4v) is 7.58. The first-order valence-corrected chi connectivity index (χ1v) is 16.5. The zero-order valence-electron chi connectivity index (χ0n) is 26.1. The summed E-state index contributed by atoms with van der Waals surface area (Å²) in [6, 6.07) is 5.42. The van der Waals surface area contributed by atoms with Crippen LogP contribution in [0.15, 0.2) is 24.4 Å². The van der Waals surface area contributed by atoms with Crippen molar-refractivity contribution >= 4 is 49.5 Å². The van der Waals surface area contributed by atoms with Crippen LogP contribution in [-0.2, 0) is 9.47 Å². The Morgan fingerprint density at radius 1 is 1.15 bits per heavy atom. The number of hydrogen-bond donors (Lipinski definition) is 1. The Labute approximate surface area is 269 Å². The summed E-state index contributed by atoms with van der Waals surface area (Å²) in [5.74, 6) is -0.112. The average molecular weight is 654 g/mol. The first-order chi connectivity index (χ1) is 22.1. The molecule has 3 saturated heterocycles. The molecule has 3 aliphatic heterocycles. The fraction of sp³-hybridized carbons (Fsp3) is 0.531. The van der Waals surface area contributed by atoms with Crippen LogP contribution < -0.4 is 15.0 Å². The molecule has 0 saturated carbocycles. The number of carbonyl (C=O) groups excluding carboxylic acids is 1. The van der Waals surface area contributed by atoms with E-state index in [0.717, 1.165) is 30.5 Å². The van der Waals surface area contributed by atoms with Crippen LogP contribution in [0.25, 0.3) is 32.4 Å². The molecule has 0 bridgehead atoms. The molecule has 0 unspecified atom stereocenters. The molecule has 11 nitrogen and oxygen atoms in total. The van der Waals surface area contributed by atoms with Crippen molar-refractivity contribution in [1.82, 2.24) is 24.8 Å². The highest BCUT2D eigenvalue weighted by Crippen LogP contribution is 2.41. The highest BCUT2D eigenvalue weighted by molar-refractivity contribution is 7.22. The maximum absolute atomic E-state index is 16.7. The van der Waals surface area contributed by atoms with E-state index < -0.39 is 29.2 Å². The SMILES string of the molecule is CC(C)(C)OC(=O)Nc1nc2c(-c3ncc4c(N5CCCOCC5)nc(OC[C@@]56CCCN5C[C@H](F)C6)nc4c3F)cccc2s1. The number of anilines is 2. The lowest BCUT2D eigenvalue weighted by Crippen LogP contribution is -2.43. The van der Waals surface area contributed by atoms with E-state index in [1.54, 1.807) is 39.1 Å². The fourth-order valence-electron chi connectivity index (χ4n) is 6.70. The predicted octanol–water partition coefficient (Wildman–Crippen LogP) is 5.97. The van der Waals surface area contributed by atoms with Crippen molar-refractivity contribution in [2.45, 2.75) is 63.8 Å². The summed E-state index contributed by atoms with van der Waals surface area (Å²) in [6.07, 6.45) is 3.08. The number of fused-ring (bicyclic) bond motifs is 3. The number of halogens is 2. The second kappa shape index (κ2) is 12.1. The molecule has 3 fully saturated rings. The van der Waals surface area contributed by atoms with Crippen LogP contribution in [0.4, 0.5) is 24.5 Å². The minimum absolute atomic E-state index is 0.0444. The molecule has 1 N–H and O–H groups in total. The molecular weight excluding hydrogens is 616 g/mol. The zero-order valence-corrected chi connectivity index (χ0v) is 27.0. The number of ether oxygens (including phenoxy) is 3. The highest BCUT2D eigenvalue weighted by atomic mass is 32.1. The van der Waals surface area contributed by atoms with Crippen molar-refractivity contribution in [1.29, 1.82) is 0 Å². The number of thiazole rings is 1. The molecule has 0 radical (unpaired) electrons. The standard InChI is InChI=1S/C32H37F2N7O4S/c1-31(2,3)45-30(42)39-29-37-24-20(7-4-8-22(24)46-29)25-23(34)26-21(16-35-25)27(40-10-6-13-43-14-12-40)38-28(36-26)44-18-32-9-5-11-41(32)17-19(33)15-32/h4,7-8,16,19H,5-6,9-15,17-18H2,1-3H3,(H,37,39,42)/t19-,32+/m1/s1. The largest absolute Gasteiger partial charge is 0.461 e. The molecule has 6 heterocycles. The van der Waals surface area contributed by atoms with Gasteiger partial charge in [0, 0.05) is 44.4 Å². The summed E-state index contributed by atoms with van der Waals surface area (Å²) >= 11 is 1.25. The van der Waals surface area contributed by atoms with Gasteiger partial charge in [0.15, 0.2) is 10.9 Å². The lowest BCUT2D eigenvalue weighted by atomic mass is 9.95. The molecule has 2 atom stereocenters. The van der Waals surface area contributed by atoms with E-state index in [4.69, 9.17) is 19.2 Å². The van der Waals surface area contributed by atoms with Crippen LogP contribution in [0.5, 0.6) is 6.01 Å². The van der Waals surface area contributed by atoms with Gasteiger partial charge in [-0.25, -0.2) is 18.6 Å². The Morgan fingerprint density at radius 3 is 2.87 bits per heavy atom. The van der Waals surface area contributed by atoms with Crippen LogP contribution >= 0.6 is 11.3 Å². The number of para-hydroxylation sites is 1. The van der Waals surface area contributed by atoms with Gasteiger partial charge in [0.1, 0.15) is 35.4 Å². The minimum atomic E-state index is -0.895. The summed E-state index contributed by atoms with van der Waals surface area (Å²) in [7, 11) is 0. The van der Waals surface area contributed by atoms with E-state index in [0.29, 0.717) is 66.7 Å². The van der Waals surface area contributed by atoms with Crippen molar-refractivity contribution < 1.29 is 27.8 Å². The van der Waals surface area contributed by atoms with Gasteiger partial charge in [-0.1, -0.05) is 23.5 Å². The van der Waals surface area contributed by atoms with Gasteiger partial charge in [-0.2, -0.15) is 9.97 Å². The molecule has 46 heavy (non-hydrogen) atoms. The number of pyridine rings is 1. The Morgan fingerprint density at radius 2 is 2.02 bits per heavy atom. The minimum Gasteiger partial charge on any atom is -0.461 e. The van der Waals surface area contributed by atoms with E-state index in [1.807, 2.05) is 11.0 Å². The quantitative estimate of drug-likeness (QED) is 0.267. The third-order valence-electron chi connectivity index (χ3n) is 8.68. The summed E-state index contributed by atoms with van der Waals surface area (Å²) < 4.78 is 49.1. The number of hydrogen-bond acceptors (Lipinski definition) is 11. The maximum Gasteiger partial charge on any atom is 0.413 e. The average Bonchev–Trinajstić information content (AvgIpc) is 3.59. The van der Waals surface area contributed by atoms with E-state index in [1.165, 1.54) is 11.3 Å². The summed E-state index contributed by atoms with van der Waals surface area (Å²) in [6.45, 7) is 9.18. The number of nitrogens with zero attached hydrogens (tertiary/aromatic N) is 6. The van der Waals surface area contributed by atoms with Gasteiger partial charge >= 0.3 is 12.1 Å². The topological polar surface area (TPSA) is 115 Å². The Hall–Kier alpha value is -3.75. The lowest BCUT2D eigenvalue weighted by molar-refractivity contribution is 0.0636. The highest BCUT2D eigenvalue weighted by Gasteiger charge is 2.49. The summed E-state index contributed by atoms with van der Waals surface area (Å²) in [5.41, 5.74) is 0.0144. The van der Waals surface area contributed by atoms with Gasteiger partial charge in [-0.05, 0) is 52.6 Å². The second-order valence-corrected chi connectivity index (χ2v) is 14.2. The van der Waals surface area contributed by atoms with Crippen LogP contribution in [0, 0.1) is 5.82 Å². The molecule has 0 aliphatic carbocycles. The van der Waals surface area contributed by atoms with Gasteiger partial charge in [0.2, 0.25) is 0 Å². The maximum atomic E-state index is 16.7. The van der Waals surface area contributed by atoms with Gasteiger partial charge in [0.25, 0.3) is 0 Å². The number of amides is 1. The Balaban J connectivity index is 1.27. The number of rotatable bonds is 6. The molecule has 14 heteroatoms. The molecular formula is C32H37F2N7O4S. The van der Waals surface area contributed by atoms with Gasteiger partial charge in [0.05, 0.1) is 27.7 Å². The molecule has 244 valence electrons. The predicted molar refractivity (Wildman–Crippen MR) is 172 cm³/mol. The second-order valence-electron chi connectivity index (χ2n) is 13.1. The molecule has 4 aromatic rings. The van der Waals surface area contributed by atoms with Crippen molar-refractivity contribution in [3.63, 3.8) is 0 Å². The zero-order chi connectivity index (χ0) is 32.1. The molecule has 7 rings (SSSR count). The molecule has 3 aromatic heterocycles. The first-order valence-electron chi connectivity index (χ1n) is 15.7. The van der Waals surface area contributed by atoms with Gasteiger partial charge in [-0.15, -0.1) is 0 Å². The first kappa shape index (κ1) is 30.9. The third-order valence-corrected chi connectivity index (χ3v) is 9.61. The smallest absolute Gasteiger partial charge is 0.413 e. The van der Waals surface area contributed by atoms with E-state index >= 15 is 4.39 Å². The Kier molecular flexibility index (Phi) is 8.14. The summed E-state index contributed by atoms with van der Waals surface area (Å²) in [4.78, 5) is 35.1. The van der Waals surface area contributed by atoms with Crippen molar-refractivity contribution in [3.05, 3.63) is 30.2 Å². The van der Waals surface area contributed by atoms with Crippen LogP contribution in [0.1, 0.15) is 46.5 Å². The lowest BCUT2D eigenvalue weighted by Gasteiger charge is -2.31. The van der Waals surface area contributed by atoms with Crippen molar-refractivity contribution in [2.75, 3.05) is 56.2 Å². The number of aromatic nitrogens is 4. The normalized spacial score (nSPS) is 22.3. The number of alkyl halides is 1.